The zero-order valence-electron chi connectivity index (χ0n) is 22.4. The first-order valence-electron chi connectivity index (χ1n) is 11.7. The summed E-state index contributed by atoms with van der Waals surface area (Å²) in [5.41, 5.74) is 6.14. The van der Waals surface area contributed by atoms with Crippen molar-refractivity contribution in [3.8, 4) is 0 Å². The fourth-order valence-electron chi connectivity index (χ4n) is 2.58. The van der Waals surface area contributed by atoms with Crippen LogP contribution in [0.25, 0.3) is 0 Å². The molecule has 4 N–H and O–H groups in total. The van der Waals surface area contributed by atoms with E-state index in [1.54, 1.807) is 12.2 Å². The van der Waals surface area contributed by atoms with Crippen LogP contribution in [0.2, 0.25) is 0 Å². The molecule has 0 atom stereocenters. The van der Waals surface area contributed by atoms with Crippen molar-refractivity contribution in [1.82, 2.24) is 0 Å². The molecule has 35 heavy (non-hydrogen) atoms. The maximum absolute atomic E-state index is 10.5. The van der Waals surface area contributed by atoms with Gasteiger partial charge in [-0.3, -0.25) is 9.05 Å². The van der Waals surface area contributed by atoms with E-state index in [2.05, 4.69) is 48.0 Å². The van der Waals surface area contributed by atoms with Crippen molar-refractivity contribution in [2.75, 3.05) is 13.2 Å². The second kappa shape index (κ2) is 20.0. The highest BCUT2D eigenvalue weighted by atomic mass is 31.2. The van der Waals surface area contributed by atoms with Gasteiger partial charge in [0.2, 0.25) is 0 Å². The molecular formula is C25H46O8P2. The van der Waals surface area contributed by atoms with Crippen LogP contribution in [0, 0.1) is 0 Å². The molecule has 0 aliphatic heterocycles. The van der Waals surface area contributed by atoms with Crippen molar-refractivity contribution >= 4 is 15.6 Å². The Morgan fingerprint density at radius 2 is 0.829 bits per heavy atom. The standard InChI is InChI=1S/C15H27O4P.C10H19O4P/c1-13(2)7-5-8-14(3)9-6-10-15(4)11-12-19-20(16,17)18;1-9(2)5-4-6-10(3)7-8-14-15(11,12)13/h7,9,11H,5-6,8,10,12H2,1-4H3,(H2,16,17,18);5,7H,4,6,8H2,1-3H3,(H2,11,12,13)/b;10-7+. The van der Waals surface area contributed by atoms with Gasteiger partial charge in [-0.1, -0.05) is 58.2 Å². The Labute approximate surface area is 212 Å². The van der Waals surface area contributed by atoms with Gasteiger partial charge in [-0.15, -0.1) is 0 Å². The Bertz CT molecular complexity index is 834. The highest BCUT2D eigenvalue weighted by molar-refractivity contribution is 7.46. The lowest BCUT2D eigenvalue weighted by atomic mass is 10.1. The number of phosphoric acid groups is 2. The van der Waals surface area contributed by atoms with Gasteiger partial charge in [-0.05, 0) is 87.0 Å². The summed E-state index contributed by atoms with van der Waals surface area (Å²) < 4.78 is 29.5. The minimum Gasteiger partial charge on any atom is -0.303 e. The molecule has 0 aliphatic rings. The number of phosphoric ester groups is 2. The average Bonchev–Trinajstić information content (AvgIpc) is 2.66. The van der Waals surface area contributed by atoms with Crippen LogP contribution in [-0.4, -0.2) is 32.8 Å². The van der Waals surface area contributed by atoms with Gasteiger partial charge in [0.05, 0.1) is 13.2 Å². The minimum atomic E-state index is -4.35. The fourth-order valence-corrected chi connectivity index (χ4v) is 3.12. The summed E-state index contributed by atoms with van der Waals surface area (Å²) in [6.07, 6.45) is 15.8. The van der Waals surface area contributed by atoms with Crippen LogP contribution in [0.15, 0.2) is 58.2 Å². The van der Waals surface area contributed by atoms with Gasteiger partial charge in [0.15, 0.2) is 0 Å². The Morgan fingerprint density at radius 1 is 0.543 bits per heavy atom. The van der Waals surface area contributed by atoms with Gasteiger partial charge in [-0.2, -0.15) is 0 Å². The quantitative estimate of drug-likeness (QED) is 0.126. The van der Waals surface area contributed by atoms with Gasteiger partial charge < -0.3 is 19.6 Å². The minimum absolute atomic E-state index is 0.0368. The zero-order chi connectivity index (χ0) is 27.5. The SMILES string of the molecule is CC(C)=CCC/C(C)=C/COP(=O)(O)O.CC(C)=CCCC(C)=CCCC(C)=CCOP(=O)(O)O. The molecule has 0 aromatic carbocycles. The smallest absolute Gasteiger partial charge is 0.303 e. The topological polar surface area (TPSA) is 134 Å². The first kappa shape index (κ1) is 36.1. The van der Waals surface area contributed by atoms with Gasteiger partial charge >= 0.3 is 15.6 Å². The normalized spacial score (nSPS) is 13.2. The van der Waals surface area contributed by atoms with E-state index in [1.165, 1.54) is 16.7 Å². The van der Waals surface area contributed by atoms with Crippen LogP contribution >= 0.6 is 15.6 Å². The largest absolute Gasteiger partial charge is 0.469 e. The number of hydrogen-bond acceptors (Lipinski definition) is 4. The molecule has 0 aromatic rings. The van der Waals surface area contributed by atoms with Crippen molar-refractivity contribution in [1.29, 1.82) is 0 Å². The molecule has 0 amide bonds. The molecule has 0 aliphatic carbocycles. The number of hydrogen-bond donors (Lipinski definition) is 4. The summed E-state index contributed by atoms with van der Waals surface area (Å²) in [6, 6.07) is 0. The third-order valence-corrected chi connectivity index (χ3v) is 5.53. The van der Waals surface area contributed by atoms with Gasteiger partial charge in [-0.25, -0.2) is 9.13 Å². The summed E-state index contributed by atoms with van der Waals surface area (Å²) >= 11 is 0. The molecule has 0 spiro atoms. The Balaban J connectivity index is 0. The van der Waals surface area contributed by atoms with Crippen LogP contribution in [0.1, 0.15) is 87.0 Å². The van der Waals surface area contributed by atoms with Gasteiger partial charge in [0.1, 0.15) is 0 Å². The lowest BCUT2D eigenvalue weighted by Gasteiger charge is -2.03. The predicted molar refractivity (Wildman–Crippen MR) is 144 cm³/mol. The first-order chi connectivity index (χ1) is 16.0. The number of allylic oxidation sites excluding steroid dienone is 8. The first-order valence-corrected chi connectivity index (χ1v) is 14.7. The maximum Gasteiger partial charge on any atom is 0.469 e. The average molecular weight is 537 g/mol. The molecule has 204 valence electrons. The van der Waals surface area contributed by atoms with E-state index in [4.69, 9.17) is 19.6 Å². The van der Waals surface area contributed by atoms with Gasteiger partial charge in [0.25, 0.3) is 0 Å². The third kappa shape index (κ3) is 32.9. The summed E-state index contributed by atoms with van der Waals surface area (Å²) in [5.74, 6) is 0. The van der Waals surface area contributed by atoms with Crippen LogP contribution < -0.4 is 0 Å². The second-order valence-corrected chi connectivity index (χ2v) is 11.4. The number of rotatable bonds is 15. The highest BCUT2D eigenvalue weighted by Gasteiger charge is 2.12. The van der Waals surface area contributed by atoms with Crippen molar-refractivity contribution in [3.05, 3.63) is 58.2 Å². The molecule has 10 heteroatoms. The summed E-state index contributed by atoms with van der Waals surface area (Å²) in [6.45, 7) is 14.2. The van der Waals surface area contributed by atoms with E-state index in [0.29, 0.717) is 0 Å². The lowest BCUT2D eigenvalue weighted by molar-refractivity contribution is 0.213. The van der Waals surface area contributed by atoms with E-state index >= 15 is 0 Å². The van der Waals surface area contributed by atoms with Crippen LogP contribution in [0.4, 0.5) is 0 Å². The van der Waals surface area contributed by atoms with Crippen molar-refractivity contribution < 1.29 is 37.8 Å². The predicted octanol–water partition coefficient (Wildman–Crippen LogP) is 7.30. The highest BCUT2D eigenvalue weighted by Crippen LogP contribution is 2.36. The van der Waals surface area contributed by atoms with Crippen molar-refractivity contribution in [2.45, 2.75) is 87.0 Å². The van der Waals surface area contributed by atoms with Crippen molar-refractivity contribution in [2.24, 2.45) is 0 Å². The second-order valence-electron chi connectivity index (χ2n) is 8.90. The van der Waals surface area contributed by atoms with E-state index in [-0.39, 0.29) is 13.2 Å². The molecule has 8 nitrogen and oxygen atoms in total. The maximum atomic E-state index is 10.5. The van der Waals surface area contributed by atoms with Crippen LogP contribution in [0.3, 0.4) is 0 Å². The molecule has 0 saturated carbocycles. The zero-order valence-corrected chi connectivity index (χ0v) is 24.1. The molecule has 0 saturated heterocycles. The van der Waals surface area contributed by atoms with E-state index < -0.39 is 15.6 Å². The Morgan fingerprint density at radius 3 is 1.11 bits per heavy atom. The molecule has 0 rings (SSSR count). The van der Waals surface area contributed by atoms with E-state index in [9.17, 15) is 9.13 Å². The molecule has 0 bridgehead atoms. The van der Waals surface area contributed by atoms with Gasteiger partial charge in [0, 0.05) is 0 Å². The molecule has 0 radical (unpaired) electrons. The molecule has 0 fully saturated rings. The molecule has 0 unspecified atom stereocenters. The van der Waals surface area contributed by atoms with E-state index in [1.807, 2.05) is 27.7 Å². The Kier molecular flexibility index (Phi) is 20.6. The molecular weight excluding hydrogens is 490 g/mol. The van der Waals surface area contributed by atoms with Crippen LogP contribution in [-0.2, 0) is 18.2 Å². The monoisotopic (exact) mass is 536 g/mol. The Hall–Kier alpha value is -1.08. The summed E-state index contributed by atoms with van der Waals surface area (Å²) in [4.78, 5) is 34.0. The fraction of sp³-hybridized carbons (Fsp3) is 0.600. The summed E-state index contributed by atoms with van der Waals surface area (Å²) in [7, 11) is -8.67. The summed E-state index contributed by atoms with van der Waals surface area (Å²) in [5, 5.41) is 0. The molecule has 0 aromatic heterocycles. The van der Waals surface area contributed by atoms with E-state index in [0.717, 1.165) is 49.7 Å². The lowest BCUT2D eigenvalue weighted by Crippen LogP contribution is -1.89. The van der Waals surface area contributed by atoms with Crippen molar-refractivity contribution in [3.63, 3.8) is 0 Å². The molecule has 0 heterocycles. The van der Waals surface area contributed by atoms with Crippen LogP contribution in [0.5, 0.6) is 0 Å². The third-order valence-electron chi connectivity index (χ3n) is 4.56.